The first-order chi connectivity index (χ1) is 15.3. The Bertz CT molecular complexity index is 871. The fraction of sp³-hybridized carbons (Fsp3) is 0.625. The van der Waals surface area contributed by atoms with Gasteiger partial charge in [-0.2, -0.15) is 0 Å². The second-order valence-electron chi connectivity index (χ2n) is 14.4. The normalized spacial score (nSPS) is 16.5. The Morgan fingerprint density at radius 3 is 0.941 bits per heavy atom. The highest BCUT2D eigenvalue weighted by Crippen LogP contribution is 2.46. The minimum absolute atomic E-state index is 0.0869. The third kappa shape index (κ3) is 5.02. The topological polar surface area (TPSA) is 6.48 Å². The molecule has 2 heteroatoms. The standard InChI is InChI=1S/C32H50N2/c1-22-33(27-23(29(2,3)4)16-14-17-24(27)30(5,6)7)20-21-34(22)28-25(31(8,9)10)18-15-19-26(28)32(11,12)13/h14-19,22H,20-21H2,1-13H3. The highest BCUT2D eigenvalue weighted by atomic mass is 15.4. The number of para-hydroxylation sites is 2. The molecule has 0 aliphatic carbocycles. The van der Waals surface area contributed by atoms with Crippen LogP contribution in [0.5, 0.6) is 0 Å². The zero-order chi connectivity index (χ0) is 25.9. The fourth-order valence-electron chi connectivity index (χ4n) is 5.48. The Labute approximate surface area is 210 Å². The minimum atomic E-state index is 0.0869. The van der Waals surface area contributed by atoms with Crippen molar-refractivity contribution < 1.29 is 0 Å². The number of anilines is 2. The van der Waals surface area contributed by atoms with Crippen LogP contribution in [0, 0.1) is 0 Å². The van der Waals surface area contributed by atoms with Crippen molar-refractivity contribution in [2.45, 2.75) is 118 Å². The summed E-state index contributed by atoms with van der Waals surface area (Å²) in [5.41, 5.74) is 9.05. The van der Waals surface area contributed by atoms with Gasteiger partial charge in [0.2, 0.25) is 0 Å². The molecule has 188 valence electrons. The predicted octanol–water partition coefficient (Wildman–Crippen LogP) is 8.55. The smallest absolute Gasteiger partial charge is 0.0988 e. The molecule has 0 bridgehead atoms. The zero-order valence-electron chi connectivity index (χ0n) is 24.4. The van der Waals surface area contributed by atoms with Crippen molar-refractivity contribution in [3.8, 4) is 0 Å². The summed E-state index contributed by atoms with van der Waals surface area (Å²) < 4.78 is 0. The van der Waals surface area contributed by atoms with Crippen LogP contribution >= 0.6 is 0 Å². The van der Waals surface area contributed by atoms with Crippen LogP contribution in [0.4, 0.5) is 11.4 Å². The molecule has 0 spiro atoms. The van der Waals surface area contributed by atoms with E-state index >= 15 is 0 Å². The lowest BCUT2D eigenvalue weighted by Crippen LogP contribution is -2.40. The van der Waals surface area contributed by atoms with Gasteiger partial charge in [0.25, 0.3) is 0 Å². The molecule has 3 rings (SSSR count). The van der Waals surface area contributed by atoms with Crippen LogP contribution in [0.25, 0.3) is 0 Å². The van der Waals surface area contributed by atoms with Crippen molar-refractivity contribution in [3.63, 3.8) is 0 Å². The molecule has 2 aromatic rings. The molecule has 0 unspecified atom stereocenters. The van der Waals surface area contributed by atoms with Crippen LogP contribution < -0.4 is 9.80 Å². The molecule has 1 heterocycles. The molecule has 0 atom stereocenters. The van der Waals surface area contributed by atoms with E-state index in [-0.39, 0.29) is 27.8 Å². The van der Waals surface area contributed by atoms with Crippen molar-refractivity contribution in [3.05, 3.63) is 58.7 Å². The molecule has 1 saturated heterocycles. The molecule has 0 N–H and O–H groups in total. The summed E-state index contributed by atoms with van der Waals surface area (Å²) in [6, 6.07) is 13.9. The Morgan fingerprint density at radius 2 is 0.735 bits per heavy atom. The van der Waals surface area contributed by atoms with Crippen molar-refractivity contribution >= 4 is 11.4 Å². The maximum Gasteiger partial charge on any atom is 0.0988 e. The molecule has 1 aliphatic heterocycles. The summed E-state index contributed by atoms with van der Waals surface area (Å²) in [7, 11) is 0. The van der Waals surface area contributed by atoms with Crippen molar-refractivity contribution in [2.75, 3.05) is 22.9 Å². The van der Waals surface area contributed by atoms with E-state index in [1.54, 1.807) is 0 Å². The minimum Gasteiger partial charge on any atom is -0.349 e. The van der Waals surface area contributed by atoms with E-state index < -0.39 is 0 Å². The van der Waals surface area contributed by atoms with E-state index in [4.69, 9.17) is 0 Å². The van der Waals surface area contributed by atoms with Gasteiger partial charge < -0.3 is 9.80 Å². The molecule has 2 aromatic carbocycles. The third-order valence-corrected chi connectivity index (χ3v) is 7.36. The second kappa shape index (κ2) is 8.61. The van der Waals surface area contributed by atoms with Gasteiger partial charge in [-0.3, -0.25) is 0 Å². The summed E-state index contributed by atoms with van der Waals surface area (Å²) in [4.78, 5) is 5.38. The van der Waals surface area contributed by atoms with Crippen LogP contribution in [0.15, 0.2) is 36.4 Å². The lowest BCUT2D eigenvalue weighted by Gasteiger charge is -2.40. The summed E-state index contributed by atoms with van der Waals surface area (Å²) in [6.07, 6.45) is 0.286. The quantitative estimate of drug-likeness (QED) is 0.441. The molecule has 0 aromatic heterocycles. The predicted molar refractivity (Wildman–Crippen MR) is 152 cm³/mol. The molecule has 0 radical (unpaired) electrons. The number of benzene rings is 2. The Hall–Kier alpha value is -1.96. The van der Waals surface area contributed by atoms with E-state index in [1.807, 2.05) is 0 Å². The molecule has 1 aliphatic rings. The third-order valence-electron chi connectivity index (χ3n) is 7.36. The van der Waals surface area contributed by atoms with Crippen molar-refractivity contribution in [1.82, 2.24) is 0 Å². The van der Waals surface area contributed by atoms with Gasteiger partial charge in [0.15, 0.2) is 0 Å². The average Bonchev–Trinajstić information content (AvgIpc) is 3.05. The van der Waals surface area contributed by atoms with Gasteiger partial charge in [-0.25, -0.2) is 0 Å². The lowest BCUT2D eigenvalue weighted by atomic mass is 9.78. The Balaban J connectivity index is 2.22. The van der Waals surface area contributed by atoms with E-state index in [0.717, 1.165) is 13.1 Å². The molecule has 0 saturated carbocycles. The average molecular weight is 463 g/mol. The Kier molecular flexibility index (Phi) is 6.75. The van der Waals surface area contributed by atoms with E-state index in [2.05, 4.69) is 136 Å². The van der Waals surface area contributed by atoms with Gasteiger partial charge in [-0.15, -0.1) is 0 Å². The summed E-state index contributed by atoms with van der Waals surface area (Å²) in [6.45, 7) is 32.7. The first-order valence-corrected chi connectivity index (χ1v) is 13.2. The van der Waals surface area contributed by atoms with E-state index in [9.17, 15) is 0 Å². The largest absolute Gasteiger partial charge is 0.349 e. The SMILES string of the molecule is CC1N(c2c(C(C)(C)C)cccc2C(C)(C)C)CCN1c1c(C(C)(C)C)cccc1C(C)(C)C. The molecule has 2 nitrogen and oxygen atoms in total. The highest BCUT2D eigenvalue weighted by Gasteiger charge is 2.38. The van der Waals surface area contributed by atoms with Crippen LogP contribution in [0.3, 0.4) is 0 Å². The van der Waals surface area contributed by atoms with Gasteiger partial charge in [-0.1, -0.05) is 119 Å². The van der Waals surface area contributed by atoms with E-state index in [1.165, 1.54) is 33.6 Å². The van der Waals surface area contributed by atoms with Crippen LogP contribution in [-0.2, 0) is 21.7 Å². The summed E-state index contributed by atoms with van der Waals surface area (Å²) in [5.74, 6) is 0. The van der Waals surface area contributed by atoms with Crippen LogP contribution in [0.1, 0.15) is 112 Å². The van der Waals surface area contributed by atoms with Crippen LogP contribution in [-0.4, -0.2) is 19.3 Å². The van der Waals surface area contributed by atoms with Crippen molar-refractivity contribution in [1.29, 1.82) is 0 Å². The fourth-order valence-corrected chi connectivity index (χ4v) is 5.48. The molecular formula is C32H50N2. The molecule has 34 heavy (non-hydrogen) atoms. The molecule has 1 fully saturated rings. The first-order valence-electron chi connectivity index (χ1n) is 13.2. The van der Waals surface area contributed by atoms with Crippen LogP contribution in [0.2, 0.25) is 0 Å². The van der Waals surface area contributed by atoms with Gasteiger partial charge in [-0.05, 0) is 50.8 Å². The number of nitrogens with zero attached hydrogens (tertiary/aromatic N) is 2. The van der Waals surface area contributed by atoms with Gasteiger partial charge in [0.05, 0.1) is 6.17 Å². The first kappa shape index (κ1) is 26.6. The molecular weight excluding hydrogens is 412 g/mol. The zero-order valence-corrected chi connectivity index (χ0v) is 24.4. The number of hydrogen-bond donors (Lipinski definition) is 0. The summed E-state index contributed by atoms with van der Waals surface area (Å²) >= 11 is 0. The lowest BCUT2D eigenvalue weighted by molar-refractivity contribution is 0.555. The van der Waals surface area contributed by atoms with Gasteiger partial charge in [0.1, 0.15) is 0 Å². The van der Waals surface area contributed by atoms with Gasteiger partial charge >= 0.3 is 0 Å². The Morgan fingerprint density at radius 1 is 0.500 bits per heavy atom. The summed E-state index contributed by atoms with van der Waals surface area (Å²) in [5, 5.41) is 0. The number of rotatable bonds is 2. The van der Waals surface area contributed by atoms with E-state index in [0.29, 0.717) is 0 Å². The second-order valence-corrected chi connectivity index (χ2v) is 14.4. The number of hydrogen-bond acceptors (Lipinski definition) is 2. The maximum absolute atomic E-state index is 2.69. The van der Waals surface area contributed by atoms with Gasteiger partial charge in [0, 0.05) is 24.5 Å². The monoisotopic (exact) mass is 462 g/mol. The molecule has 0 amide bonds. The van der Waals surface area contributed by atoms with Crippen molar-refractivity contribution in [2.24, 2.45) is 0 Å². The highest BCUT2D eigenvalue weighted by molar-refractivity contribution is 5.71. The maximum atomic E-state index is 2.69.